The maximum absolute atomic E-state index is 12.9. The first kappa shape index (κ1) is 20.2. The van der Waals surface area contributed by atoms with Crippen LogP contribution in [0, 0.1) is 12.8 Å². The molecule has 1 heterocycles. The summed E-state index contributed by atoms with van der Waals surface area (Å²) >= 11 is 1.44. The minimum Gasteiger partial charge on any atom is -0.493 e. The standard InChI is InChI=1S/C23H24N2O4S/c1-15-13-30-22(24-15)25-21(26)18-12-23(18,16-7-5-4-6-8-16)14-29-17-9-10-19(27-2)20(11-17)28-3/h4-11,13,18H,12,14H2,1-3H3,(H,24,25,26). The summed E-state index contributed by atoms with van der Waals surface area (Å²) in [7, 11) is 3.19. The van der Waals surface area contributed by atoms with Gasteiger partial charge in [0.2, 0.25) is 5.91 Å². The molecule has 2 atom stereocenters. The van der Waals surface area contributed by atoms with E-state index in [1.165, 1.54) is 11.3 Å². The monoisotopic (exact) mass is 424 g/mol. The van der Waals surface area contributed by atoms with E-state index >= 15 is 0 Å². The van der Waals surface area contributed by atoms with Crippen molar-refractivity contribution in [2.24, 2.45) is 5.92 Å². The third kappa shape index (κ3) is 3.98. The molecule has 156 valence electrons. The van der Waals surface area contributed by atoms with Crippen LogP contribution in [0.1, 0.15) is 17.7 Å². The van der Waals surface area contributed by atoms with Crippen molar-refractivity contribution in [1.29, 1.82) is 0 Å². The Morgan fingerprint density at radius 3 is 2.60 bits per heavy atom. The fourth-order valence-corrected chi connectivity index (χ4v) is 4.39. The van der Waals surface area contributed by atoms with Gasteiger partial charge >= 0.3 is 0 Å². The van der Waals surface area contributed by atoms with E-state index in [0.717, 1.165) is 17.7 Å². The number of nitrogens with one attached hydrogen (secondary N) is 1. The molecular formula is C23H24N2O4S. The molecule has 2 aromatic carbocycles. The quantitative estimate of drug-likeness (QED) is 0.579. The molecule has 0 bridgehead atoms. The molecule has 30 heavy (non-hydrogen) atoms. The molecule has 2 unspecified atom stereocenters. The molecule has 1 aliphatic carbocycles. The molecule has 1 fully saturated rings. The van der Waals surface area contributed by atoms with Crippen LogP contribution in [0.15, 0.2) is 53.9 Å². The van der Waals surface area contributed by atoms with Gasteiger partial charge in [0.25, 0.3) is 0 Å². The fraction of sp³-hybridized carbons (Fsp3) is 0.304. The van der Waals surface area contributed by atoms with E-state index in [2.05, 4.69) is 22.4 Å². The number of carbonyl (C=O) groups excluding carboxylic acids is 1. The molecule has 0 radical (unpaired) electrons. The highest BCUT2D eigenvalue weighted by Crippen LogP contribution is 2.55. The molecule has 0 aliphatic heterocycles. The lowest BCUT2D eigenvalue weighted by Crippen LogP contribution is -2.26. The smallest absolute Gasteiger partial charge is 0.230 e. The van der Waals surface area contributed by atoms with Crippen LogP contribution in [-0.4, -0.2) is 31.7 Å². The van der Waals surface area contributed by atoms with Gasteiger partial charge in [-0.25, -0.2) is 4.98 Å². The van der Waals surface area contributed by atoms with Crippen molar-refractivity contribution in [3.05, 3.63) is 65.2 Å². The van der Waals surface area contributed by atoms with Gasteiger partial charge < -0.3 is 19.5 Å². The number of hydrogen-bond acceptors (Lipinski definition) is 6. The van der Waals surface area contributed by atoms with Gasteiger partial charge in [-0.3, -0.25) is 4.79 Å². The van der Waals surface area contributed by atoms with E-state index < -0.39 is 0 Å². The average molecular weight is 425 g/mol. The van der Waals surface area contributed by atoms with Gasteiger partial charge in [-0.15, -0.1) is 11.3 Å². The number of aryl methyl sites for hydroxylation is 1. The van der Waals surface area contributed by atoms with Crippen molar-refractivity contribution in [3.8, 4) is 17.2 Å². The zero-order valence-electron chi connectivity index (χ0n) is 17.2. The van der Waals surface area contributed by atoms with Crippen molar-refractivity contribution in [3.63, 3.8) is 0 Å². The maximum Gasteiger partial charge on any atom is 0.230 e. The summed E-state index contributed by atoms with van der Waals surface area (Å²) in [6, 6.07) is 15.5. The number of rotatable bonds is 8. The molecule has 1 N–H and O–H groups in total. The number of aromatic nitrogens is 1. The third-order valence-electron chi connectivity index (χ3n) is 5.44. The van der Waals surface area contributed by atoms with E-state index in [1.54, 1.807) is 20.3 Å². The summed E-state index contributed by atoms with van der Waals surface area (Å²) in [4.78, 5) is 17.3. The van der Waals surface area contributed by atoms with Crippen LogP contribution in [0.25, 0.3) is 0 Å². The highest BCUT2D eigenvalue weighted by atomic mass is 32.1. The van der Waals surface area contributed by atoms with Crippen LogP contribution < -0.4 is 19.5 Å². The molecule has 1 saturated carbocycles. The molecule has 0 saturated heterocycles. The second-order valence-corrected chi connectivity index (χ2v) is 8.23. The minimum absolute atomic E-state index is 0.0240. The first-order chi connectivity index (χ1) is 14.6. The summed E-state index contributed by atoms with van der Waals surface area (Å²) in [5.41, 5.74) is 1.63. The van der Waals surface area contributed by atoms with Crippen LogP contribution >= 0.6 is 11.3 Å². The third-order valence-corrected chi connectivity index (χ3v) is 6.32. The topological polar surface area (TPSA) is 69.7 Å². The largest absolute Gasteiger partial charge is 0.493 e. The molecule has 0 spiro atoms. The zero-order chi connectivity index (χ0) is 21.1. The predicted octanol–water partition coefficient (Wildman–Crippen LogP) is 4.44. The summed E-state index contributed by atoms with van der Waals surface area (Å²) in [5, 5.41) is 5.51. The van der Waals surface area contributed by atoms with E-state index in [1.807, 2.05) is 42.6 Å². The molecule has 4 rings (SSSR count). The van der Waals surface area contributed by atoms with Gasteiger partial charge in [-0.05, 0) is 31.0 Å². The van der Waals surface area contributed by atoms with Crippen LogP contribution in [0.4, 0.5) is 5.13 Å². The van der Waals surface area contributed by atoms with Gasteiger partial charge in [0.1, 0.15) is 5.75 Å². The Labute approximate surface area is 179 Å². The van der Waals surface area contributed by atoms with E-state index in [-0.39, 0.29) is 17.2 Å². The normalized spacial score (nSPS) is 19.8. The van der Waals surface area contributed by atoms with Crippen molar-refractivity contribution >= 4 is 22.4 Å². The number of hydrogen-bond donors (Lipinski definition) is 1. The SMILES string of the molecule is COc1ccc(OCC2(c3ccccc3)CC2C(=O)Nc2nc(C)cs2)cc1OC. The average Bonchev–Trinajstić information content (AvgIpc) is 3.39. The van der Waals surface area contributed by atoms with Gasteiger partial charge in [-0.2, -0.15) is 0 Å². The number of benzene rings is 2. The molecule has 6 nitrogen and oxygen atoms in total. The minimum atomic E-state index is -0.370. The lowest BCUT2D eigenvalue weighted by Gasteiger charge is -2.19. The number of amides is 1. The summed E-state index contributed by atoms with van der Waals surface area (Å²) in [6.07, 6.45) is 0.723. The van der Waals surface area contributed by atoms with Gasteiger partial charge in [0, 0.05) is 16.9 Å². The van der Waals surface area contributed by atoms with Crippen LogP contribution in [0.2, 0.25) is 0 Å². The molecule has 1 amide bonds. The lowest BCUT2D eigenvalue weighted by molar-refractivity contribution is -0.117. The Bertz CT molecular complexity index is 1040. The first-order valence-corrected chi connectivity index (χ1v) is 10.6. The Kier molecular flexibility index (Phi) is 5.63. The molecule has 1 aromatic heterocycles. The second kappa shape index (κ2) is 8.36. The van der Waals surface area contributed by atoms with E-state index in [0.29, 0.717) is 29.0 Å². The Morgan fingerprint density at radius 2 is 1.93 bits per heavy atom. The molecule has 3 aromatic rings. The van der Waals surface area contributed by atoms with Crippen LogP contribution in [0.5, 0.6) is 17.2 Å². The molecule has 1 aliphatic rings. The second-order valence-electron chi connectivity index (χ2n) is 7.37. The molecule has 7 heteroatoms. The maximum atomic E-state index is 12.9. The van der Waals surface area contributed by atoms with Crippen LogP contribution in [-0.2, 0) is 10.2 Å². The van der Waals surface area contributed by atoms with Crippen molar-refractivity contribution < 1.29 is 19.0 Å². The predicted molar refractivity (Wildman–Crippen MR) is 117 cm³/mol. The fourth-order valence-electron chi connectivity index (χ4n) is 3.70. The van der Waals surface area contributed by atoms with Crippen LogP contribution in [0.3, 0.4) is 0 Å². The first-order valence-electron chi connectivity index (χ1n) is 9.69. The number of nitrogens with zero attached hydrogens (tertiary/aromatic N) is 1. The Hall–Kier alpha value is -3.06. The number of anilines is 1. The van der Waals surface area contributed by atoms with Crippen molar-refractivity contribution in [2.75, 3.05) is 26.1 Å². The Balaban J connectivity index is 1.53. The van der Waals surface area contributed by atoms with E-state index in [4.69, 9.17) is 14.2 Å². The lowest BCUT2D eigenvalue weighted by atomic mass is 9.94. The Morgan fingerprint density at radius 1 is 1.17 bits per heavy atom. The highest BCUT2D eigenvalue weighted by molar-refractivity contribution is 7.13. The van der Waals surface area contributed by atoms with Gasteiger partial charge in [0.05, 0.1) is 32.4 Å². The number of ether oxygens (including phenoxy) is 3. The molecular weight excluding hydrogens is 400 g/mol. The zero-order valence-corrected chi connectivity index (χ0v) is 18.0. The highest BCUT2D eigenvalue weighted by Gasteiger charge is 2.60. The van der Waals surface area contributed by atoms with Gasteiger partial charge in [-0.1, -0.05) is 30.3 Å². The number of carbonyl (C=O) groups is 1. The summed E-state index contributed by atoms with van der Waals surface area (Å²) < 4.78 is 16.8. The number of thiazole rings is 1. The van der Waals surface area contributed by atoms with Crippen molar-refractivity contribution in [1.82, 2.24) is 4.98 Å². The van der Waals surface area contributed by atoms with Gasteiger partial charge in [0.15, 0.2) is 16.6 Å². The van der Waals surface area contributed by atoms with E-state index in [9.17, 15) is 4.79 Å². The summed E-state index contributed by atoms with van der Waals surface area (Å²) in [6.45, 7) is 2.30. The van der Waals surface area contributed by atoms with Crippen molar-refractivity contribution in [2.45, 2.75) is 18.8 Å². The number of methoxy groups -OCH3 is 2. The summed E-state index contributed by atoms with van der Waals surface area (Å²) in [5.74, 6) is 1.72.